The van der Waals surface area contributed by atoms with E-state index in [9.17, 15) is 9.36 Å². The number of aromatic nitrogens is 3. The molecular weight excluding hydrogens is 490 g/mol. The average molecular weight is 508 g/mol. The van der Waals surface area contributed by atoms with Crippen LogP contribution in [0.15, 0.2) is 79.5 Å². The number of benzene rings is 1. The van der Waals surface area contributed by atoms with E-state index in [1.165, 1.54) is 5.56 Å². The van der Waals surface area contributed by atoms with Gasteiger partial charge >= 0.3 is 0 Å². The van der Waals surface area contributed by atoms with Gasteiger partial charge in [-0.15, -0.1) is 0 Å². The Morgan fingerprint density at radius 2 is 1.59 bits per heavy atom. The Labute approximate surface area is 199 Å². The van der Waals surface area contributed by atoms with E-state index in [0.29, 0.717) is 23.4 Å². The summed E-state index contributed by atoms with van der Waals surface area (Å²) in [5, 5.41) is 5.84. The summed E-state index contributed by atoms with van der Waals surface area (Å²) in [4.78, 5) is 22.8. The Morgan fingerprint density at radius 3 is 2.31 bits per heavy atom. The summed E-state index contributed by atoms with van der Waals surface area (Å²) in [5.41, 5.74) is 2.23. The first kappa shape index (κ1) is 24.1. The number of pyridine rings is 3. The van der Waals surface area contributed by atoms with Gasteiger partial charge in [0.25, 0.3) is 5.85 Å². The largest absolute Gasteiger partial charge is 0.352 e. The molecule has 0 saturated carbocycles. The van der Waals surface area contributed by atoms with Gasteiger partial charge in [0.15, 0.2) is 0 Å². The smallest absolute Gasteiger partial charge is 0.281 e. The summed E-state index contributed by atoms with van der Waals surface area (Å²) in [5.74, 6) is -2.99. The number of amides is 1. The molecule has 0 spiro atoms. The molecule has 164 valence electrons. The van der Waals surface area contributed by atoms with Crippen molar-refractivity contribution in [2.45, 2.75) is 13.0 Å². The molecule has 4 heterocycles. The topological polar surface area (TPSA) is 84.8 Å². The van der Waals surface area contributed by atoms with Crippen molar-refractivity contribution in [3.63, 3.8) is 0 Å². The molecule has 0 atom stereocenters. The van der Waals surface area contributed by atoms with E-state index in [1.54, 1.807) is 61.3 Å². The molecule has 1 aliphatic rings. The van der Waals surface area contributed by atoms with Gasteiger partial charge in [0.1, 0.15) is 5.15 Å². The number of hydrogen-bond donors (Lipinski definition) is 1. The Hall–Kier alpha value is -2.50. The lowest BCUT2D eigenvalue weighted by molar-refractivity contribution is -0.121. The predicted molar refractivity (Wildman–Crippen MR) is 130 cm³/mol. The van der Waals surface area contributed by atoms with Crippen LogP contribution in [0.2, 0.25) is 5.15 Å². The Balaban J connectivity index is 0.000000136. The SMILES string of the molecule is Clc1cc2cnccc2cn1.O=C1Cc2cnccc2CN1.O=P(Cl)(Cl)c1ccccc1. The van der Waals surface area contributed by atoms with E-state index in [1.807, 2.05) is 18.2 Å². The zero-order valence-electron chi connectivity index (χ0n) is 16.7. The molecular formula is C22H18Cl3N4O2P. The van der Waals surface area contributed by atoms with E-state index in [4.69, 9.17) is 34.1 Å². The number of fused-ring (bicyclic) bond motifs is 2. The highest BCUT2D eigenvalue weighted by Gasteiger charge is 2.15. The zero-order valence-corrected chi connectivity index (χ0v) is 19.8. The zero-order chi connectivity index (χ0) is 23.0. The first-order chi connectivity index (χ1) is 15.3. The number of nitrogens with zero attached hydrogens (tertiary/aromatic N) is 3. The van der Waals surface area contributed by atoms with Crippen LogP contribution in [0.4, 0.5) is 0 Å². The Kier molecular flexibility index (Phi) is 8.60. The fraction of sp³-hybridized carbons (Fsp3) is 0.0909. The van der Waals surface area contributed by atoms with Crippen molar-refractivity contribution in [2.75, 3.05) is 0 Å². The first-order valence-corrected chi connectivity index (χ1v) is 13.3. The molecule has 4 aromatic rings. The van der Waals surface area contributed by atoms with Crippen molar-refractivity contribution in [3.8, 4) is 0 Å². The quantitative estimate of drug-likeness (QED) is 0.271. The average Bonchev–Trinajstić information content (AvgIpc) is 2.80. The third kappa shape index (κ3) is 7.28. The van der Waals surface area contributed by atoms with Crippen LogP contribution in [-0.4, -0.2) is 20.9 Å². The second kappa shape index (κ2) is 11.4. The molecule has 0 unspecified atom stereocenters. The third-order valence-corrected chi connectivity index (χ3v) is 6.65. The van der Waals surface area contributed by atoms with Crippen molar-refractivity contribution in [2.24, 2.45) is 0 Å². The van der Waals surface area contributed by atoms with Crippen LogP contribution in [0.1, 0.15) is 11.1 Å². The number of hydrogen-bond acceptors (Lipinski definition) is 5. The van der Waals surface area contributed by atoms with Gasteiger partial charge in [-0.1, -0.05) is 29.8 Å². The highest BCUT2D eigenvalue weighted by atomic mass is 35.9. The molecule has 6 nitrogen and oxygen atoms in total. The van der Waals surface area contributed by atoms with Gasteiger partial charge in [-0.25, -0.2) is 4.98 Å². The monoisotopic (exact) mass is 506 g/mol. The standard InChI is InChI=1S/C8H5ClN2.C8H8N2O.C6H5Cl2OP/c9-8-3-7-4-10-2-1-6(7)5-11-8;11-8-3-7-4-9-2-1-6(7)5-10-8;7-10(8,9)6-4-2-1-3-5-6/h1-5H;1-2,4H,3,5H2,(H,10,11);1-5H. The minimum Gasteiger partial charge on any atom is -0.352 e. The molecule has 1 amide bonds. The van der Waals surface area contributed by atoms with Gasteiger partial charge in [-0.3, -0.25) is 19.3 Å². The number of nitrogens with one attached hydrogen (secondary N) is 1. The fourth-order valence-corrected chi connectivity index (χ4v) is 4.13. The highest BCUT2D eigenvalue weighted by molar-refractivity contribution is 8.13. The van der Waals surface area contributed by atoms with Crippen molar-refractivity contribution < 1.29 is 9.36 Å². The molecule has 0 bridgehead atoms. The lowest BCUT2D eigenvalue weighted by Gasteiger charge is -2.14. The van der Waals surface area contributed by atoms with Crippen LogP contribution < -0.4 is 10.6 Å². The summed E-state index contributed by atoms with van der Waals surface area (Å²) in [6, 6.07) is 14.2. The van der Waals surface area contributed by atoms with E-state index in [-0.39, 0.29) is 5.91 Å². The van der Waals surface area contributed by atoms with Crippen molar-refractivity contribution in [1.82, 2.24) is 20.3 Å². The summed E-state index contributed by atoms with van der Waals surface area (Å²) in [7, 11) is 0. The molecule has 3 aromatic heterocycles. The normalized spacial score (nSPS) is 12.4. The van der Waals surface area contributed by atoms with Gasteiger partial charge < -0.3 is 5.32 Å². The minimum atomic E-state index is -3.07. The van der Waals surface area contributed by atoms with E-state index in [0.717, 1.165) is 16.3 Å². The molecule has 0 aliphatic carbocycles. The predicted octanol–water partition coefficient (Wildman–Crippen LogP) is 5.52. The number of carbonyl (C=O) groups is 1. The molecule has 32 heavy (non-hydrogen) atoms. The van der Waals surface area contributed by atoms with Crippen LogP contribution in [0.3, 0.4) is 0 Å². The third-order valence-electron chi connectivity index (χ3n) is 4.38. The van der Waals surface area contributed by atoms with Gasteiger partial charge in [0, 0.05) is 53.6 Å². The van der Waals surface area contributed by atoms with E-state index < -0.39 is 5.85 Å². The highest BCUT2D eigenvalue weighted by Crippen LogP contribution is 2.54. The summed E-state index contributed by atoms with van der Waals surface area (Å²) in [6.45, 7) is 0.649. The Bertz CT molecular complexity index is 1250. The maximum absolute atomic E-state index is 10.9. The maximum atomic E-state index is 10.9. The number of halogens is 3. The summed E-state index contributed by atoms with van der Waals surface area (Å²) in [6.07, 6.45) is 9.22. The molecule has 0 radical (unpaired) electrons. The Morgan fingerprint density at radius 1 is 0.875 bits per heavy atom. The van der Waals surface area contributed by atoms with Crippen LogP contribution in [-0.2, 0) is 22.3 Å². The van der Waals surface area contributed by atoms with Gasteiger partial charge in [0.05, 0.1) is 6.42 Å². The first-order valence-electron chi connectivity index (χ1n) is 9.41. The van der Waals surface area contributed by atoms with Crippen molar-refractivity contribution in [3.05, 3.63) is 95.8 Å². The molecule has 0 fully saturated rings. The maximum Gasteiger partial charge on any atom is 0.281 e. The van der Waals surface area contributed by atoms with E-state index in [2.05, 4.69) is 20.3 Å². The second-order valence-corrected chi connectivity index (χ2v) is 11.8. The number of carbonyl (C=O) groups excluding carboxylic acids is 1. The molecule has 5 rings (SSSR count). The van der Waals surface area contributed by atoms with Crippen LogP contribution in [0.5, 0.6) is 0 Å². The van der Waals surface area contributed by atoms with E-state index >= 15 is 0 Å². The lowest BCUT2D eigenvalue weighted by atomic mass is 10.0. The second-order valence-electron chi connectivity index (χ2n) is 6.63. The summed E-state index contributed by atoms with van der Waals surface area (Å²) < 4.78 is 10.9. The van der Waals surface area contributed by atoms with Crippen LogP contribution in [0.25, 0.3) is 10.8 Å². The van der Waals surface area contributed by atoms with Gasteiger partial charge in [-0.05, 0) is 63.9 Å². The fourth-order valence-electron chi connectivity index (χ4n) is 2.77. The molecule has 1 N–H and O–H groups in total. The lowest BCUT2D eigenvalue weighted by Crippen LogP contribution is -2.30. The number of rotatable bonds is 1. The molecule has 10 heteroatoms. The van der Waals surface area contributed by atoms with Crippen molar-refractivity contribution in [1.29, 1.82) is 0 Å². The minimum absolute atomic E-state index is 0.0884. The van der Waals surface area contributed by atoms with Crippen molar-refractivity contribution >= 4 is 61.9 Å². The molecule has 0 saturated heterocycles. The molecule has 1 aromatic carbocycles. The van der Waals surface area contributed by atoms with Gasteiger partial charge in [-0.2, -0.15) is 0 Å². The van der Waals surface area contributed by atoms with Crippen LogP contribution in [0, 0.1) is 0 Å². The van der Waals surface area contributed by atoms with Crippen LogP contribution >= 0.6 is 39.9 Å². The molecule has 1 aliphatic heterocycles. The summed E-state index contributed by atoms with van der Waals surface area (Å²) >= 11 is 16.4. The van der Waals surface area contributed by atoms with Gasteiger partial charge in [0.2, 0.25) is 5.91 Å².